The predicted molar refractivity (Wildman–Crippen MR) is 62.3 cm³/mol. The van der Waals surface area contributed by atoms with Gasteiger partial charge in [0.25, 0.3) is 0 Å². The van der Waals surface area contributed by atoms with Gasteiger partial charge in [-0.2, -0.15) is 4.98 Å². The highest BCUT2D eigenvalue weighted by Gasteiger charge is 2.47. The Morgan fingerprint density at radius 2 is 2.00 bits per heavy atom. The van der Waals surface area contributed by atoms with Crippen molar-refractivity contribution in [1.29, 1.82) is 0 Å². The fraction of sp³-hybridized carbons (Fsp3) is 0.833. The lowest BCUT2D eigenvalue weighted by atomic mass is 9.78. The molecule has 1 fully saturated rings. The molecule has 2 atom stereocenters. The van der Waals surface area contributed by atoms with Crippen molar-refractivity contribution < 1.29 is 4.52 Å². The summed E-state index contributed by atoms with van der Waals surface area (Å²) in [4.78, 5) is 6.69. The van der Waals surface area contributed by atoms with E-state index in [4.69, 9.17) is 4.52 Å². The minimum atomic E-state index is 0.197. The van der Waals surface area contributed by atoms with Crippen molar-refractivity contribution in [3.8, 4) is 0 Å². The number of aryl methyl sites for hydroxylation is 1. The van der Waals surface area contributed by atoms with Crippen LogP contribution in [0, 0.1) is 12.3 Å². The van der Waals surface area contributed by atoms with Crippen LogP contribution in [0.25, 0.3) is 0 Å². The van der Waals surface area contributed by atoms with Gasteiger partial charge in [0.15, 0.2) is 5.82 Å². The second-order valence-electron chi connectivity index (χ2n) is 5.61. The van der Waals surface area contributed by atoms with Gasteiger partial charge in [-0.1, -0.05) is 19.0 Å². The molecule has 0 saturated heterocycles. The first-order valence-electron chi connectivity index (χ1n) is 5.89. The van der Waals surface area contributed by atoms with Crippen LogP contribution in [0.1, 0.15) is 44.3 Å². The van der Waals surface area contributed by atoms with E-state index in [1.165, 1.54) is 6.42 Å². The van der Waals surface area contributed by atoms with Crippen LogP contribution in [-0.2, 0) is 0 Å². The van der Waals surface area contributed by atoms with Gasteiger partial charge in [-0.25, -0.2) is 0 Å². The van der Waals surface area contributed by atoms with Crippen LogP contribution < -0.4 is 0 Å². The lowest BCUT2D eigenvalue weighted by Crippen LogP contribution is -2.39. The van der Waals surface area contributed by atoms with Crippen molar-refractivity contribution in [3.05, 3.63) is 11.7 Å². The van der Waals surface area contributed by atoms with Crippen LogP contribution in [0.3, 0.4) is 0 Å². The third-order valence-electron chi connectivity index (χ3n) is 3.95. The van der Waals surface area contributed by atoms with Crippen molar-refractivity contribution in [2.45, 2.75) is 45.6 Å². The summed E-state index contributed by atoms with van der Waals surface area (Å²) in [5.41, 5.74) is 0.197. The Morgan fingerprint density at radius 3 is 2.44 bits per heavy atom. The number of hydrogen-bond donors (Lipinski definition) is 0. The molecule has 1 saturated carbocycles. The summed E-state index contributed by atoms with van der Waals surface area (Å²) < 4.78 is 5.33. The zero-order chi connectivity index (χ0) is 11.9. The van der Waals surface area contributed by atoms with E-state index >= 15 is 0 Å². The molecule has 0 N–H and O–H groups in total. The summed E-state index contributed by atoms with van der Waals surface area (Å²) in [6, 6.07) is 0.588. The summed E-state index contributed by atoms with van der Waals surface area (Å²) in [5, 5.41) is 3.90. The minimum absolute atomic E-state index is 0.197. The maximum absolute atomic E-state index is 5.33. The van der Waals surface area contributed by atoms with Gasteiger partial charge in [0, 0.05) is 12.0 Å². The Kier molecular flexibility index (Phi) is 2.78. The van der Waals surface area contributed by atoms with E-state index in [2.05, 4.69) is 43.0 Å². The summed E-state index contributed by atoms with van der Waals surface area (Å²) in [6.45, 7) is 6.47. The van der Waals surface area contributed by atoms with E-state index in [0.717, 1.165) is 18.1 Å². The van der Waals surface area contributed by atoms with E-state index in [9.17, 15) is 0 Å². The Labute approximate surface area is 97.0 Å². The highest BCUT2D eigenvalue weighted by Crippen LogP contribution is 2.49. The molecule has 1 aromatic heterocycles. The second-order valence-corrected chi connectivity index (χ2v) is 5.61. The number of nitrogens with zero attached hydrogens (tertiary/aromatic N) is 3. The molecule has 0 amide bonds. The summed E-state index contributed by atoms with van der Waals surface area (Å²) in [5.74, 6) is 1.94. The molecule has 4 heteroatoms. The average Bonchev–Trinajstić information content (AvgIpc) is 2.68. The van der Waals surface area contributed by atoms with Gasteiger partial charge >= 0.3 is 0 Å². The molecule has 2 unspecified atom stereocenters. The second kappa shape index (κ2) is 3.84. The molecule has 0 bridgehead atoms. The van der Waals surface area contributed by atoms with Gasteiger partial charge in [0.2, 0.25) is 5.89 Å². The zero-order valence-corrected chi connectivity index (χ0v) is 10.8. The third kappa shape index (κ3) is 1.75. The Balaban J connectivity index is 2.25. The monoisotopic (exact) mass is 223 g/mol. The topological polar surface area (TPSA) is 42.2 Å². The molecule has 0 spiro atoms. The molecule has 0 radical (unpaired) electrons. The normalized spacial score (nSPS) is 28.9. The van der Waals surface area contributed by atoms with Crippen LogP contribution in [0.2, 0.25) is 0 Å². The fourth-order valence-corrected chi connectivity index (χ4v) is 3.12. The van der Waals surface area contributed by atoms with Crippen molar-refractivity contribution in [2.24, 2.45) is 5.41 Å². The summed E-state index contributed by atoms with van der Waals surface area (Å²) >= 11 is 0. The Bertz CT molecular complexity index is 370. The van der Waals surface area contributed by atoms with Gasteiger partial charge in [-0.05, 0) is 39.3 Å². The molecule has 4 nitrogen and oxygen atoms in total. The molecule has 0 aliphatic heterocycles. The highest BCUT2D eigenvalue weighted by molar-refractivity contribution is 5.08. The van der Waals surface area contributed by atoms with Crippen molar-refractivity contribution in [3.63, 3.8) is 0 Å². The molecular formula is C12H21N3O. The van der Waals surface area contributed by atoms with Gasteiger partial charge in [0.1, 0.15) is 0 Å². The summed E-state index contributed by atoms with van der Waals surface area (Å²) in [6.07, 6.45) is 2.34. The summed E-state index contributed by atoms with van der Waals surface area (Å²) in [7, 11) is 4.29. The van der Waals surface area contributed by atoms with Crippen molar-refractivity contribution >= 4 is 0 Å². The third-order valence-corrected chi connectivity index (χ3v) is 3.95. The highest BCUT2D eigenvalue weighted by atomic mass is 16.5. The first kappa shape index (κ1) is 11.6. The number of rotatable bonds is 2. The fourth-order valence-electron chi connectivity index (χ4n) is 3.12. The van der Waals surface area contributed by atoms with E-state index in [1.807, 2.05) is 6.92 Å². The predicted octanol–water partition coefficient (Wildman–Crippen LogP) is 2.21. The van der Waals surface area contributed by atoms with Gasteiger partial charge in [-0.3, -0.25) is 0 Å². The van der Waals surface area contributed by atoms with Crippen LogP contribution in [0.4, 0.5) is 0 Å². The Hall–Kier alpha value is -0.900. The van der Waals surface area contributed by atoms with Crippen molar-refractivity contribution in [2.75, 3.05) is 14.1 Å². The van der Waals surface area contributed by atoms with Gasteiger partial charge in [-0.15, -0.1) is 0 Å². The standard InChI is InChI=1S/C12H21N3O/c1-8-13-11(16-14-8)9-6-7-10(15(4)5)12(9,2)3/h9-10H,6-7H2,1-5H3. The van der Waals surface area contributed by atoms with E-state index in [0.29, 0.717) is 12.0 Å². The van der Waals surface area contributed by atoms with Crippen LogP contribution in [0.15, 0.2) is 4.52 Å². The van der Waals surface area contributed by atoms with Crippen LogP contribution in [0.5, 0.6) is 0 Å². The largest absolute Gasteiger partial charge is 0.339 e. The molecule has 16 heavy (non-hydrogen) atoms. The molecule has 1 aromatic rings. The number of hydrogen-bond acceptors (Lipinski definition) is 4. The van der Waals surface area contributed by atoms with Gasteiger partial charge in [0.05, 0.1) is 0 Å². The van der Waals surface area contributed by atoms with Crippen molar-refractivity contribution in [1.82, 2.24) is 15.0 Å². The lowest BCUT2D eigenvalue weighted by molar-refractivity contribution is 0.142. The molecular weight excluding hydrogens is 202 g/mol. The quantitative estimate of drug-likeness (QED) is 0.771. The van der Waals surface area contributed by atoms with Crippen LogP contribution >= 0.6 is 0 Å². The van der Waals surface area contributed by atoms with Crippen LogP contribution in [-0.4, -0.2) is 35.2 Å². The first-order chi connectivity index (χ1) is 7.43. The van der Waals surface area contributed by atoms with E-state index in [-0.39, 0.29) is 5.41 Å². The smallest absolute Gasteiger partial charge is 0.230 e. The van der Waals surface area contributed by atoms with E-state index in [1.54, 1.807) is 0 Å². The molecule has 90 valence electrons. The molecule has 1 aliphatic rings. The molecule has 0 aromatic carbocycles. The number of aromatic nitrogens is 2. The Morgan fingerprint density at radius 1 is 1.31 bits per heavy atom. The minimum Gasteiger partial charge on any atom is -0.339 e. The SMILES string of the molecule is Cc1noc(C2CCC(N(C)C)C2(C)C)n1. The first-order valence-corrected chi connectivity index (χ1v) is 5.89. The van der Waals surface area contributed by atoms with Gasteiger partial charge < -0.3 is 9.42 Å². The van der Waals surface area contributed by atoms with E-state index < -0.39 is 0 Å². The lowest BCUT2D eigenvalue weighted by Gasteiger charge is -2.35. The maximum Gasteiger partial charge on any atom is 0.230 e. The zero-order valence-electron chi connectivity index (χ0n) is 10.8. The molecule has 2 rings (SSSR count). The molecule has 1 aliphatic carbocycles. The average molecular weight is 223 g/mol. The molecule has 1 heterocycles. The maximum atomic E-state index is 5.33.